The van der Waals surface area contributed by atoms with Crippen LogP contribution in [0.4, 0.5) is 8.78 Å². The number of benzene rings is 2. The van der Waals surface area contributed by atoms with E-state index in [1.165, 1.54) is 0 Å². The number of aliphatic hydroxyl groups is 1. The maximum Gasteiger partial charge on any atom is 0.287 e. The van der Waals surface area contributed by atoms with Gasteiger partial charge in [0.05, 0.1) is 6.54 Å². The fourth-order valence-electron chi connectivity index (χ4n) is 1.78. The van der Waals surface area contributed by atoms with Gasteiger partial charge in [-0.25, -0.2) is 8.78 Å². The second kappa shape index (κ2) is 5.32. The van der Waals surface area contributed by atoms with Gasteiger partial charge in [-0.3, -0.25) is 4.79 Å². The molecule has 0 aliphatic rings. The zero-order valence-electron chi connectivity index (χ0n) is 10.1. The predicted molar refractivity (Wildman–Crippen MR) is 68.3 cm³/mol. The molecule has 3 nitrogen and oxygen atoms in total. The van der Waals surface area contributed by atoms with E-state index in [1.54, 1.807) is 24.3 Å². The Hall–Kier alpha value is -2.01. The summed E-state index contributed by atoms with van der Waals surface area (Å²) in [5.74, 6) is -3.88. The van der Waals surface area contributed by atoms with Crippen molar-refractivity contribution >= 4 is 16.7 Å². The van der Waals surface area contributed by atoms with E-state index in [4.69, 9.17) is 5.11 Å². The van der Waals surface area contributed by atoms with Crippen molar-refractivity contribution in [3.8, 4) is 0 Å². The quantitative estimate of drug-likeness (QED) is 0.890. The van der Waals surface area contributed by atoms with Gasteiger partial charge in [0.1, 0.15) is 6.61 Å². The van der Waals surface area contributed by atoms with Gasteiger partial charge in [-0.05, 0) is 16.8 Å². The summed E-state index contributed by atoms with van der Waals surface area (Å²) >= 11 is 0. The van der Waals surface area contributed by atoms with Gasteiger partial charge in [-0.2, -0.15) is 0 Å². The molecule has 2 N–H and O–H groups in total. The molecule has 5 heteroatoms. The SMILES string of the molecule is O=C(NCC(F)(F)CO)c1cccc2ccccc12. The molecule has 0 aliphatic heterocycles. The lowest BCUT2D eigenvalue weighted by atomic mass is 10.0. The second-order valence-corrected chi connectivity index (χ2v) is 4.22. The number of amides is 1. The Morgan fingerprint density at radius 2 is 1.84 bits per heavy atom. The van der Waals surface area contributed by atoms with Crippen LogP contribution in [0.5, 0.6) is 0 Å². The zero-order valence-corrected chi connectivity index (χ0v) is 10.1. The number of hydrogen-bond donors (Lipinski definition) is 2. The Balaban J connectivity index is 2.23. The first kappa shape index (κ1) is 13.4. The van der Waals surface area contributed by atoms with Crippen LogP contribution in [0.2, 0.25) is 0 Å². The van der Waals surface area contributed by atoms with E-state index in [0.717, 1.165) is 5.39 Å². The molecule has 0 saturated carbocycles. The van der Waals surface area contributed by atoms with E-state index >= 15 is 0 Å². The number of aliphatic hydroxyl groups excluding tert-OH is 1. The fourth-order valence-corrected chi connectivity index (χ4v) is 1.78. The third-order valence-electron chi connectivity index (χ3n) is 2.77. The highest BCUT2D eigenvalue weighted by atomic mass is 19.3. The van der Waals surface area contributed by atoms with Gasteiger partial charge in [0, 0.05) is 5.56 Å². The minimum atomic E-state index is -3.31. The number of alkyl halides is 2. The van der Waals surface area contributed by atoms with Crippen LogP contribution >= 0.6 is 0 Å². The highest BCUT2D eigenvalue weighted by Gasteiger charge is 2.28. The zero-order chi connectivity index (χ0) is 13.9. The van der Waals surface area contributed by atoms with E-state index < -0.39 is 25.0 Å². The number of rotatable bonds is 4. The number of nitrogens with one attached hydrogen (secondary N) is 1. The monoisotopic (exact) mass is 265 g/mol. The van der Waals surface area contributed by atoms with Gasteiger partial charge >= 0.3 is 0 Å². The molecular weight excluding hydrogens is 252 g/mol. The molecule has 2 aromatic carbocycles. The van der Waals surface area contributed by atoms with E-state index in [0.29, 0.717) is 10.9 Å². The lowest BCUT2D eigenvalue weighted by molar-refractivity contribution is -0.0461. The van der Waals surface area contributed by atoms with Gasteiger partial charge < -0.3 is 10.4 Å². The third-order valence-corrected chi connectivity index (χ3v) is 2.77. The molecule has 0 spiro atoms. The minimum Gasteiger partial charge on any atom is -0.390 e. The Labute approximate surface area is 108 Å². The van der Waals surface area contributed by atoms with Crippen LogP contribution in [-0.4, -0.2) is 30.1 Å². The van der Waals surface area contributed by atoms with Crippen molar-refractivity contribution < 1.29 is 18.7 Å². The van der Waals surface area contributed by atoms with Crippen LogP contribution in [0.3, 0.4) is 0 Å². The van der Waals surface area contributed by atoms with Crippen LogP contribution in [-0.2, 0) is 0 Å². The Bertz CT molecular complexity index is 594. The molecule has 0 atom stereocenters. The molecule has 0 fully saturated rings. The summed E-state index contributed by atoms with van der Waals surface area (Å²) in [7, 11) is 0. The number of fused-ring (bicyclic) bond motifs is 1. The van der Waals surface area contributed by atoms with Crippen molar-refractivity contribution in [2.24, 2.45) is 0 Å². The average Bonchev–Trinajstić information content (AvgIpc) is 2.44. The first-order valence-corrected chi connectivity index (χ1v) is 5.78. The van der Waals surface area contributed by atoms with Crippen LogP contribution in [0, 0.1) is 0 Å². The van der Waals surface area contributed by atoms with Gasteiger partial charge in [0.15, 0.2) is 0 Å². The summed E-state index contributed by atoms with van der Waals surface area (Å²) in [6.45, 7) is -2.17. The molecule has 2 rings (SSSR count). The summed E-state index contributed by atoms with van der Waals surface area (Å²) in [6, 6.07) is 12.3. The number of halogens is 2. The van der Waals surface area contributed by atoms with E-state index in [-0.39, 0.29) is 0 Å². The normalized spacial score (nSPS) is 11.5. The van der Waals surface area contributed by atoms with Crippen molar-refractivity contribution in [3.63, 3.8) is 0 Å². The molecule has 100 valence electrons. The standard InChI is InChI=1S/C14H13F2NO2/c15-14(16,9-18)8-17-13(19)12-7-3-5-10-4-1-2-6-11(10)12/h1-7,18H,8-9H2,(H,17,19). The largest absolute Gasteiger partial charge is 0.390 e. The van der Waals surface area contributed by atoms with Gasteiger partial charge in [-0.1, -0.05) is 36.4 Å². The third kappa shape index (κ3) is 3.06. The smallest absolute Gasteiger partial charge is 0.287 e. The predicted octanol–water partition coefficient (Wildman–Crippen LogP) is 2.20. The molecule has 0 aliphatic carbocycles. The van der Waals surface area contributed by atoms with Crippen molar-refractivity contribution in [2.75, 3.05) is 13.2 Å². The summed E-state index contributed by atoms with van der Waals surface area (Å²) in [6.07, 6.45) is 0. The molecule has 0 bridgehead atoms. The van der Waals surface area contributed by atoms with Crippen molar-refractivity contribution in [1.82, 2.24) is 5.32 Å². The van der Waals surface area contributed by atoms with E-state index in [2.05, 4.69) is 5.32 Å². The lowest BCUT2D eigenvalue weighted by Gasteiger charge is -2.14. The first-order chi connectivity index (χ1) is 9.03. The van der Waals surface area contributed by atoms with Crippen molar-refractivity contribution in [1.29, 1.82) is 0 Å². The van der Waals surface area contributed by atoms with Gasteiger partial charge in [0.2, 0.25) is 0 Å². The molecule has 19 heavy (non-hydrogen) atoms. The van der Waals surface area contributed by atoms with Crippen LogP contribution < -0.4 is 5.32 Å². The topological polar surface area (TPSA) is 49.3 Å². The molecular formula is C14H13F2NO2. The Morgan fingerprint density at radius 1 is 1.16 bits per heavy atom. The fraction of sp³-hybridized carbons (Fsp3) is 0.214. The molecule has 0 radical (unpaired) electrons. The molecule has 0 unspecified atom stereocenters. The minimum absolute atomic E-state index is 0.340. The van der Waals surface area contributed by atoms with Gasteiger partial charge in [0.25, 0.3) is 11.8 Å². The maximum atomic E-state index is 12.9. The lowest BCUT2D eigenvalue weighted by Crippen LogP contribution is -2.39. The maximum absolute atomic E-state index is 12.9. The average molecular weight is 265 g/mol. The molecule has 1 amide bonds. The highest BCUT2D eigenvalue weighted by Crippen LogP contribution is 2.18. The second-order valence-electron chi connectivity index (χ2n) is 4.22. The Morgan fingerprint density at radius 3 is 2.58 bits per heavy atom. The molecule has 0 saturated heterocycles. The molecule has 0 aromatic heterocycles. The molecule has 0 heterocycles. The number of carbonyl (C=O) groups is 1. The van der Waals surface area contributed by atoms with Crippen molar-refractivity contribution in [2.45, 2.75) is 5.92 Å². The van der Waals surface area contributed by atoms with Crippen molar-refractivity contribution in [3.05, 3.63) is 48.0 Å². The van der Waals surface area contributed by atoms with Gasteiger partial charge in [-0.15, -0.1) is 0 Å². The summed E-state index contributed by atoms with van der Waals surface area (Å²) in [4.78, 5) is 11.9. The molecule has 2 aromatic rings. The van der Waals surface area contributed by atoms with Crippen LogP contribution in [0.15, 0.2) is 42.5 Å². The van der Waals surface area contributed by atoms with E-state index in [1.807, 2.05) is 18.2 Å². The van der Waals surface area contributed by atoms with Crippen LogP contribution in [0.25, 0.3) is 10.8 Å². The number of carbonyl (C=O) groups excluding carboxylic acids is 1. The Kier molecular flexibility index (Phi) is 3.76. The first-order valence-electron chi connectivity index (χ1n) is 5.78. The van der Waals surface area contributed by atoms with E-state index in [9.17, 15) is 13.6 Å². The summed E-state index contributed by atoms with van der Waals surface area (Å²) in [5.41, 5.74) is 0.340. The number of hydrogen-bond acceptors (Lipinski definition) is 2. The highest BCUT2D eigenvalue weighted by molar-refractivity contribution is 6.07. The summed E-state index contributed by atoms with van der Waals surface area (Å²) < 4.78 is 25.8. The summed E-state index contributed by atoms with van der Waals surface area (Å²) in [5, 5.41) is 12.1. The van der Waals surface area contributed by atoms with Crippen LogP contribution in [0.1, 0.15) is 10.4 Å².